The molecule has 122 valence electrons. The molecule has 0 bridgehead atoms. The Morgan fingerprint density at radius 3 is 2.58 bits per heavy atom. The van der Waals surface area contributed by atoms with Crippen molar-refractivity contribution in [2.75, 3.05) is 0 Å². The maximum atomic E-state index is 4.40. The molecule has 0 saturated heterocycles. The van der Waals surface area contributed by atoms with Gasteiger partial charge in [-0.2, -0.15) is 0 Å². The van der Waals surface area contributed by atoms with Crippen LogP contribution in [0.2, 0.25) is 0 Å². The number of hydrogen-bond donors (Lipinski definition) is 0. The fourth-order valence-electron chi connectivity index (χ4n) is 2.42. The van der Waals surface area contributed by atoms with Gasteiger partial charge in [-0.1, -0.05) is 70.2 Å². The molecule has 24 heavy (non-hydrogen) atoms. The lowest BCUT2D eigenvalue weighted by Crippen LogP contribution is -2.00. The van der Waals surface area contributed by atoms with Crippen LogP contribution in [0.15, 0.2) is 70.8 Å². The summed E-state index contributed by atoms with van der Waals surface area (Å²) in [5.74, 6) is 1.75. The van der Waals surface area contributed by atoms with Gasteiger partial charge in [-0.15, -0.1) is 16.8 Å². The minimum atomic E-state index is 0.689. The van der Waals surface area contributed by atoms with Crippen molar-refractivity contribution in [3.05, 3.63) is 76.8 Å². The smallest absolute Gasteiger partial charge is 0.192 e. The lowest BCUT2D eigenvalue weighted by atomic mass is 10.1. The van der Waals surface area contributed by atoms with E-state index in [0.29, 0.717) is 6.54 Å². The van der Waals surface area contributed by atoms with Crippen LogP contribution in [0, 0.1) is 6.92 Å². The molecular weight excluding hydrogens is 382 g/mol. The number of aryl methyl sites for hydroxylation is 1. The molecule has 5 heteroatoms. The van der Waals surface area contributed by atoms with Crippen molar-refractivity contribution in [1.29, 1.82) is 0 Å². The summed E-state index contributed by atoms with van der Waals surface area (Å²) in [5, 5.41) is 9.71. The van der Waals surface area contributed by atoms with E-state index >= 15 is 0 Å². The summed E-state index contributed by atoms with van der Waals surface area (Å²) in [5.41, 5.74) is 3.67. The molecule has 0 unspecified atom stereocenters. The molecule has 0 aliphatic heterocycles. The van der Waals surface area contributed by atoms with Gasteiger partial charge in [0.25, 0.3) is 0 Å². The molecule has 1 aromatic heterocycles. The first-order valence-electron chi connectivity index (χ1n) is 7.66. The van der Waals surface area contributed by atoms with Crippen LogP contribution in [-0.4, -0.2) is 14.8 Å². The van der Waals surface area contributed by atoms with Gasteiger partial charge in [-0.3, -0.25) is 4.57 Å². The first-order chi connectivity index (χ1) is 11.7. The highest BCUT2D eigenvalue weighted by molar-refractivity contribution is 9.10. The molecule has 0 fully saturated rings. The third-order valence-electron chi connectivity index (χ3n) is 3.75. The molecule has 3 rings (SSSR count). The Bertz CT molecular complexity index is 840. The van der Waals surface area contributed by atoms with Crippen LogP contribution in [0.3, 0.4) is 0 Å². The Labute approximate surface area is 154 Å². The van der Waals surface area contributed by atoms with Crippen LogP contribution in [-0.2, 0) is 12.3 Å². The van der Waals surface area contributed by atoms with Gasteiger partial charge >= 0.3 is 0 Å². The molecule has 0 amide bonds. The standard InChI is InChI=1S/C19H18BrN3S/c1-3-12-23-18(15-8-10-17(20)11-9-15)21-22-19(23)24-13-16-7-5-4-6-14(16)2/h3-11H,1,12-13H2,2H3. The van der Waals surface area contributed by atoms with Gasteiger partial charge in [0.2, 0.25) is 0 Å². The molecule has 2 aromatic carbocycles. The predicted octanol–water partition coefficient (Wildman–Crippen LogP) is 5.49. The van der Waals surface area contributed by atoms with Crippen LogP contribution in [0.5, 0.6) is 0 Å². The van der Waals surface area contributed by atoms with Gasteiger partial charge in [-0.25, -0.2) is 0 Å². The minimum absolute atomic E-state index is 0.689. The summed E-state index contributed by atoms with van der Waals surface area (Å²) in [6, 6.07) is 16.6. The van der Waals surface area contributed by atoms with Crippen molar-refractivity contribution in [1.82, 2.24) is 14.8 Å². The zero-order valence-corrected chi connectivity index (χ0v) is 15.8. The van der Waals surface area contributed by atoms with E-state index in [9.17, 15) is 0 Å². The van der Waals surface area contributed by atoms with E-state index in [1.807, 2.05) is 30.3 Å². The van der Waals surface area contributed by atoms with Gasteiger partial charge in [0.05, 0.1) is 0 Å². The quantitative estimate of drug-likeness (QED) is 0.405. The topological polar surface area (TPSA) is 30.7 Å². The van der Waals surface area contributed by atoms with Crippen LogP contribution in [0.25, 0.3) is 11.4 Å². The Kier molecular flexibility index (Phi) is 5.53. The third-order valence-corrected chi connectivity index (χ3v) is 5.29. The van der Waals surface area contributed by atoms with E-state index < -0.39 is 0 Å². The number of hydrogen-bond acceptors (Lipinski definition) is 3. The Balaban J connectivity index is 1.87. The van der Waals surface area contributed by atoms with E-state index in [2.05, 4.69) is 68.5 Å². The summed E-state index contributed by atoms with van der Waals surface area (Å²) >= 11 is 5.17. The third kappa shape index (κ3) is 3.79. The van der Waals surface area contributed by atoms with Crippen molar-refractivity contribution in [3.8, 4) is 11.4 Å². The maximum absolute atomic E-state index is 4.40. The van der Waals surface area contributed by atoms with Gasteiger partial charge in [0.1, 0.15) is 0 Å². The van der Waals surface area contributed by atoms with Crippen molar-refractivity contribution in [2.45, 2.75) is 24.4 Å². The summed E-state index contributed by atoms with van der Waals surface area (Å²) in [6.07, 6.45) is 1.88. The summed E-state index contributed by atoms with van der Waals surface area (Å²) in [6.45, 7) is 6.69. The minimum Gasteiger partial charge on any atom is -0.298 e. The number of thioether (sulfide) groups is 1. The highest BCUT2D eigenvalue weighted by atomic mass is 79.9. The van der Waals surface area contributed by atoms with Crippen LogP contribution in [0.1, 0.15) is 11.1 Å². The molecule has 0 aliphatic rings. The van der Waals surface area contributed by atoms with E-state index in [-0.39, 0.29) is 0 Å². The Morgan fingerprint density at radius 1 is 1.12 bits per heavy atom. The summed E-state index contributed by atoms with van der Waals surface area (Å²) < 4.78 is 3.16. The monoisotopic (exact) mass is 399 g/mol. The van der Waals surface area contributed by atoms with E-state index in [0.717, 1.165) is 26.8 Å². The van der Waals surface area contributed by atoms with Gasteiger partial charge in [0.15, 0.2) is 11.0 Å². The molecule has 0 N–H and O–H groups in total. The molecule has 0 aliphatic carbocycles. The van der Waals surface area contributed by atoms with Crippen molar-refractivity contribution >= 4 is 27.7 Å². The second-order valence-corrected chi connectivity index (χ2v) is 7.29. The van der Waals surface area contributed by atoms with Crippen molar-refractivity contribution in [2.24, 2.45) is 0 Å². The summed E-state index contributed by atoms with van der Waals surface area (Å²) in [4.78, 5) is 0. The molecule has 0 atom stereocenters. The van der Waals surface area contributed by atoms with Crippen LogP contribution >= 0.6 is 27.7 Å². The number of nitrogens with zero attached hydrogens (tertiary/aromatic N) is 3. The molecular formula is C19H18BrN3S. The molecule has 0 radical (unpaired) electrons. The fraction of sp³-hybridized carbons (Fsp3) is 0.158. The van der Waals surface area contributed by atoms with E-state index in [1.54, 1.807) is 11.8 Å². The van der Waals surface area contributed by atoms with E-state index in [4.69, 9.17) is 0 Å². The number of halogens is 1. The predicted molar refractivity (Wildman–Crippen MR) is 104 cm³/mol. The van der Waals surface area contributed by atoms with Gasteiger partial charge in [0, 0.05) is 22.3 Å². The molecule has 0 spiro atoms. The lowest BCUT2D eigenvalue weighted by Gasteiger charge is -2.09. The number of benzene rings is 2. The lowest BCUT2D eigenvalue weighted by molar-refractivity contribution is 0.731. The zero-order valence-electron chi connectivity index (χ0n) is 13.4. The number of aromatic nitrogens is 3. The summed E-state index contributed by atoms with van der Waals surface area (Å²) in [7, 11) is 0. The molecule has 3 aromatic rings. The maximum Gasteiger partial charge on any atom is 0.192 e. The highest BCUT2D eigenvalue weighted by Gasteiger charge is 2.14. The van der Waals surface area contributed by atoms with Crippen molar-refractivity contribution in [3.63, 3.8) is 0 Å². The largest absolute Gasteiger partial charge is 0.298 e. The first-order valence-corrected chi connectivity index (χ1v) is 9.44. The van der Waals surface area contributed by atoms with Crippen LogP contribution < -0.4 is 0 Å². The molecule has 1 heterocycles. The van der Waals surface area contributed by atoms with E-state index in [1.165, 1.54) is 11.1 Å². The zero-order chi connectivity index (χ0) is 16.9. The average Bonchev–Trinajstić information content (AvgIpc) is 2.98. The fourth-order valence-corrected chi connectivity index (χ4v) is 3.70. The van der Waals surface area contributed by atoms with Gasteiger partial charge < -0.3 is 0 Å². The normalized spacial score (nSPS) is 10.8. The molecule has 0 saturated carbocycles. The molecule has 3 nitrogen and oxygen atoms in total. The Morgan fingerprint density at radius 2 is 1.88 bits per heavy atom. The number of rotatable bonds is 6. The first kappa shape index (κ1) is 17.0. The highest BCUT2D eigenvalue weighted by Crippen LogP contribution is 2.28. The van der Waals surface area contributed by atoms with Crippen LogP contribution in [0.4, 0.5) is 0 Å². The van der Waals surface area contributed by atoms with Gasteiger partial charge in [-0.05, 0) is 30.2 Å². The van der Waals surface area contributed by atoms with Crippen molar-refractivity contribution < 1.29 is 0 Å². The SMILES string of the molecule is C=CCn1c(SCc2ccccc2C)nnc1-c1ccc(Br)cc1. The number of allylic oxidation sites excluding steroid dienone is 1. The Hall–Kier alpha value is -1.85. The average molecular weight is 400 g/mol. The second kappa shape index (κ2) is 7.81. The second-order valence-electron chi connectivity index (χ2n) is 5.43.